The van der Waals surface area contributed by atoms with Gasteiger partial charge >= 0.3 is 0 Å². The van der Waals surface area contributed by atoms with Crippen LogP contribution >= 0.6 is 21.4 Å². The van der Waals surface area contributed by atoms with Crippen LogP contribution in [0.5, 0.6) is 0 Å². The summed E-state index contributed by atoms with van der Waals surface area (Å²) >= 11 is 0. The van der Waals surface area contributed by atoms with E-state index in [1.165, 1.54) is 6.07 Å². The molecule has 106 valence electrons. The first-order valence-corrected chi connectivity index (χ1v) is 9.90. The molecule has 4 nitrogen and oxygen atoms in total. The molecule has 0 spiro atoms. The number of benzene rings is 2. The number of hydrogen-bond acceptors (Lipinski definition) is 4. The Hall–Kier alpha value is -1.08. The molecule has 2 aromatic rings. The molecular formula is C12H8Cl2O4S2. The molecule has 2 aromatic carbocycles. The Bertz CT molecular complexity index is 844. The maximum absolute atomic E-state index is 11.6. The molecule has 0 aromatic heterocycles. The third-order valence-electron chi connectivity index (χ3n) is 2.58. The van der Waals surface area contributed by atoms with Crippen LogP contribution in [-0.2, 0) is 18.1 Å². The van der Waals surface area contributed by atoms with E-state index in [0.717, 1.165) is 12.1 Å². The van der Waals surface area contributed by atoms with E-state index in [4.69, 9.17) is 21.4 Å². The van der Waals surface area contributed by atoms with Crippen LogP contribution in [-0.4, -0.2) is 16.8 Å². The van der Waals surface area contributed by atoms with Gasteiger partial charge in [0.15, 0.2) is 0 Å². The number of hydrogen-bond donors (Lipinski definition) is 0. The average molecular weight is 351 g/mol. The molecule has 0 heterocycles. The molecule has 20 heavy (non-hydrogen) atoms. The lowest BCUT2D eigenvalue weighted by atomic mass is 10.1. The zero-order valence-corrected chi connectivity index (χ0v) is 13.0. The minimum absolute atomic E-state index is 0.172. The highest BCUT2D eigenvalue weighted by Crippen LogP contribution is 2.32. The Labute approximate surface area is 125 Å². The van der Waals surface area contributed by atoms with Crippen LogP contribution in [0.15, 0.2) is 58.3 Å². The van der Waals surface area contributed by atoms with E-state index in [9.17, 15) is 16.8 Å². The predicted molar refractivity (Wildman–Crippen MR) is 78.0 cm³/mol. The molecular weight excluding hydrogens is 343 g/mol. The fourth-order valence-electron chi connectivity index (χ4n) is 1.72. The van der Waals surface area contributed by atoms with Crippen molar-refractivity contribution in [2.45, 2.75) is 9.79 Å². The lowest BCUT2D eigenvalue weighted by Crippen LogP contribution is -1.98. The third-order valence-corrected chi connectivity index (χ3v) is 5.31. The van der Waals surface area contributed by atoms with Crippen LogP contribution in [0.1, 0.15) is 0 Å². The van der Waals surface area contributed by atoms with Gasteiger partial charge < -0.3 is 0 Å². The van der Waals surface area contributed by atoms with E-state index in [1.807, 2.05) is 0 Å². The summed E-state index contributed by atoms with van der Waals surface area (Å²) in [5.41, 5.74) is 0.705. The lowest BCUT2D eigenvalue weighted by molar-refractivity contribution is 0.606. The molecule has 0 N–H and O–H groups in total. The maximum Gasteiger partial charge on any atom is 0.261 e. The first-order valence-electron chi connectivity index (χ1n) is 5.28. The highest BCUT2D eigenvalue weighted by Gasteiger charge is 2.20. The molecule has 0 amide bonds. The summed E-state index contributed by atoms with van der Waals surface area (Å²) < 4.78 is 45.9. The zero-order chi connectivity index (χ0) is 15.0. The van der Waals surface area contributed by atoms with Crippen molar-refractivity contribution in [2.75, 3.05) is 0 Å². The topological polar surface area (TPSA) is 68.3 Å². The zero-order valence-electron chi connectivity index (χ0n) is 9.82. The molecule has 0 unspecified atom stereocenters. The average Bonchev–Trinajstić information content (AvgIpc) is 2.37. The molecule has 0 bridgehead atoms. The quantitative estimate of drug-likeness (QED) is 0.797. The predicted octanol–water partition coefficient (Wildman–Crippen LogP) is 3.21. The van der Waals surface area contributed by atoms with Gasteiger partial charge in [-0.25, -0.2) is 16.8 Å². The van der Waals surface area contributed by atoms with Gasteiger partial charge in [-0.1, -0.05) is 30.3 Å². The Kier molecular flexibility index (Phi) is 4.11. The Morgan fingerprint density at radius 1 is 0.750 bits per heavy atom. The highest BCUT2D eigenvalue weighted by atomic mass is 35.7. The lowest BCUT2D eigenvalue weighted by Gasteiger charge is -2.08. The fourth-order valence-corrected chi connectivity index (χ4v) is 3.57. The van der Waals surface area contributed by atoms with Gasteiger partial charge in [-0.2, -0.15) is 0 Å². The van der Waals surface area contributed by atoms with Gasteiger partial charge in [-0.15, -0.1) is 0 Å². The summed E-state index contributed by atoms with van der Waals surface area (Å²) in [7, 11) is 2.67. The SMILES string of the molecule is O=S(=O)(Cl)c1ccc(S(=O)(=O)Cl)c(-c2ccccc2)c1. The third kappa shape index (κ3) is 3.32. The van der Waals surface area contributed by atoms with Gasteiger partial charge in [0.05, 0.1) is 9.79 Å². The van der Waals surface area contributed by atoms with Crippen LogP contribution in [0.25, 0.3) is 11.1 Å². The van der Waals surface area contributed by atoms with Crippen molar-refractivity contribution >= 4 is 39.5 Å². The summed E-state index contributed by atoms with van der Waals surface area (Å²) in [6.45, 7) is 0. The van der Waals surface area contributed by atoms with Crippen molar-refractivity contribution in [1.29, 1.82) is 0 Å². The molecule has 0 saturated carbocycles. The van der Waals surface area contributed by atoms with E-state index in [1.54, 1.807) is 30.3 Å². The van der Waals surface area contributed by atoms with Crippen LogP contribution < -0.4 is 0 Å². The maximum atomic E-state index is 11.6. The van der Waals surface area contributed by atoms with Crippen molar-refractivity contribution in [1.82, 2.24) is 0 Å². The second-order valence-corrected chi connectivity index (χ2v) is 9.00. The number of halogens is 2. The minimum atomic E-state index is -4.01. The van der Waals surface area contributed by atoms with Crippen LogP contribution in [0.3, 0.4) is 0 Å². The monoisotopic (exact) mass is 350 g/mol. The Morgan fingerprint density at radius 2 is 1.35 bits per heavy atom. The summed E-state index contributed by atoms with van der Waals surface area (Å²) in [6.07, 6.45) is 0. The molecule has 0 aliphatic carbocycles. The van der Waals surface area contributed by atoms with Gasteiger partial charge in [-0.3, -0.25) is 0 Å². The standard InChI is InChI=1S/C12H8Cl2O4S2/c13-19(15,16)10-6-7-12(20(14,17)18)11(8-10)9-4-2-1-3-5-9/h1-8H. The molecule has 0 aliphatic heterocycles. The summed E-state index contributed by atoms with van der Waals surface area (Å²) in [5.74, 6) is 0. The molecule has 0 saturated heterocycles. The second-order valence-electron chi connectivity index (χ2n) is 3.90. The smallest absolute Gasteiger partial charge is 0.207 e. The minimum Gasteiger partial charge on any atom is -0.207 e. The van der Waals surface area contributed by atoms with E-state index in [-0.39, 0.29) is 15.4 Å². The van der Waals surface area contributed by atoms with Gasteiger partial charge in [0.25, 0.3) is 18.1 Å². The van der Waals surface area contributed by atoms with E-state index < -0.39 is 18.1 Å². The van der Waals surface area contributed by atoms with Crippen LogP contribution in [0.2, 0.25) is 0 Å². The molecule has 2 rings (SSSR count). The van der Waals surface area contributed by atoms with Crippen molar-refractivity contribution in [3.05, 3.63) is 48.5 Å². The molecule has 0 fully saturated rings. The van der Waals surface area contributed by atoms with Crippen LogP contribution in [0.4, 0.5) is 0 Å². The summed E-state index contributed by atoms with van der Waals surface area (Å²) in [4.78, 5) is -0.364. The number of rotatable bonds is 3. The second kappa shape index (κ2) is 5.37. The normalized spacial score (nSPS) is 12.3. The first-order chi connectivity index (χ1) is 9.19. The van der Waals surface area contributed by atoms with Gasteiger partial charge in [0.2, 0.25) is 0 Å². The van der Waals surface area contributed by atoms with E-state index in [2.05, 4.69) is 0 Å². The van der Waals surface area contributed by atoms with Crippen molar-refractivity contribution in [3.63, 3.8) is 0 Å². The molecule has 0 aliphatic rings. The largest absolute Gasteiger partial charge is 0.261 e. The molecule has 0 radical (unpaired) electrons. The van der Waals surface area contributed by atoms with E-state index in [0.29, 0.717) is 5.56 Å². The van der Waals surface area contributed by atoms with Crippen molar-refractivity contribution in [3.8, 4) is 11.1 Å². The van der Waals surface area contributed by atoms with Gasteiger partial charge in [0.1, 0.15) is 0 Å². The fraction of sp³-hybridized carbons (Fsp3) is 0. The summed E-state index contributed by atoms with van der Waals surface area (Å²) in [5, 5.41) is 0. The van der Waals surface area contributed by atoms with Crippen molar-refractivity contribution in [2.24, 2.45) is 0 Å². The van der Waals surface area contributed by atoms with Crippen LogP contribution in [0, 0.1) is 0 Å². The summed E-state index contributed by atoms with van der Waals surface area (Å²) in [6, 6.07) is 11.8. The van der Waals surface area contributed by atoms with Gasteiger partial charge in [-0.05, 0) is 23.8 Å². The van der Waals surface area contributed by atoms with E-state index >= 15 is 0 Å². The Balaban J connectivity index is 2.81. The molecule has 8 heteroatoms. The van der Waals surface area contributed by atoms with Crippen molar-refractivity contribution < 1.29 is 16.8 Å². The van der Waals surface area contributed by atoms with Gasteiger partial charge in [0, 0.05) is 26.9 Å². The first kappa shape index (κ1) is 15.3. The highest BCUT2D eigenvalue weighted by molar-refractivity contribution is 8.14. The molecule has 0 atom stereocenters. The Morgan fingerprint density at radius 3 is 1.85 bits per heavy atom.